The number of esters is 1. The van der Waals surface area contributed by atoms with E-state index in [1.807, 2.05) is 25.3 Å². The molecule has 7 nitrogen and oxygen atoms in total. The predicted molar refractivity (Wildman–Crippen MR) is 132 cm³/mol. The highest BCUT2D eigenvalue weighted by Crippen LogP contribution is 2.35. The molecule has 172 valence electrons. The van der Waals surface area contributed by atoms with Crippen LogP contribution in [0.4, 0.5) is 5.00 Å². The average molecular weight is 493 g/mol. The Hall–Kier alpha value is -2.17. The van der Waals surface area contributed by atoms with Gasteiger partial charge < -0.3 is 14.6 Å². The van der Waals surface area contributed by atoms with E-state index in [9.17, 15) is 9.59 Å². The monoisotopic (exact) mass is 492 g/mol. The Morgan fingerprint density at radius 2 is 2.03 bits per heavy atom. The largest absolute Gasteiger partial charge is 0.465 e. The molecule has 0 unspecified atom stereocenters. The molecule has 0 bridgehead atoms. The summed E-state index contributed by atoms with van der Waals surface area (Å²) in [6, 6.07) is 2.16. The minimum Gasteiger partial charge on any atom is -0.465 e. The number of thioether (sulfide) groups is 1. The highest BCUT2D eigenvalue weighted by atomic mass is 32.2. The number of thiophene rings is 2. The van der Waals surface area contributed by atoms with Crippen LogP contribution in [0.5, 0.6) is 0 Å². The number of aromatic nitrogens is 3. The number of anilines is 1. The van der Waals surface area contributed by atoms with Crippen molar-refractivity contribution in [1.29, 1.82) is 0 Å². The molecule has 0 saturated heterocycles. The topological polar surface area (TPSA) is 86.1 Å². The second kappa shape index (κ2) is 10.6. The van der Waals surface area contributed by atoms with Gasteiger partial charge in [-0.25, -0.2) is 4.79 Å². The van der Waals surface area contributed by atoms with Gasteiger partial charge in [0.15, 0.2) is 11.0 Å². The summed E-state index contributed by atoms with van der Waals surface area (Å²) >= 11 is 4.45. The molecule has 3 rings (SSSR count). The minimum atomic E-state index is -0.430. The maximum absolute atomic E-state index is 12.7. The van der Waals surface area contributed by atoms with Crippen molar-refractivity contribution in [1.82, 2.24) is 14.8 Å². The van der Waals surface area contributed by atoms with Crippen LogP contribution in [0.1, 0.15) is 59.3 Å². The fourth-order valence-corrected chi connectivity index (χ4v) is 6.23. The van der Waals surface area contributed by atoms with E-state index in [0.29, 0.717) is 34.6 Å². The van der Waals surface area contributed by atoms with Crippen LogP contribution in [0.15, 0.2) is 16.6 Å². The summed E-state index contributed by atoms with van der Waals surface area (Å²) in [5.41, 5.74) is 2.42. The molecule has 3 heterocycles. The van der Waals surface area contributed by atoms with Crippen molar-refractivity contribution < 1.29 is 14.3 Å². The Morgan fingerprint density at radius 1 is 1.28 bits per heavy atom. The number of hydrogen-bond donors (Lipinski definition) is 1. The third-order valence-electron chi connectivity index (χ3n) is 5.02. The maximum Gasteiger partial charge on any atom is 0.341 e. The molecular formula is C22H28N4O3S3. The van der Waals surface area contributed by atoms with Crippen LogP contribution in [0.3, 0.4) is 0 Å². The van der Waals surface area contributed by atoms with Gasteiger partial charge in [-0.3, -0.25) is 4.79 Å². The van der Waals surface area contributed by atoms with Gasteiger partial charge in [0.05, 0.1) is 18.4 Å². The van der Waals surface area contributed by atoms with Crippen LogP contribution < -0.4 is 5.32 Å². The van der Waals surface area contributed by atoms with Crippen LogP contribution in [-0.4, -0.2) is 39.5 Å². The fraction of sp³-hybridized carbons (Fsp3) is 0.455. The number of carbonyl (C=O) groups is 2. The Kier molecular flexibility index (Phi) is 8.13. The third kappa shape index (κ3) is 5.07. The van der Waals surface area contributed by atoms with Gasteiger partial charge in [-0.2, -0.15) is 0 Å². The first-order valence-electron chi connectivity index (χ1n) is 10.5. The lowest BCUT2D eigenvalue weighted by molar-refractivity contribution is -0.113. The lowest BCUT2D eigenvalue weighted by atomic mass is 10.1. The van der Waals surface area contributed by atoms with E-state index in [0.717, 1.165) is 21.8 Å². The zero-order chi connectivity index (χ0) is 23.4. The standard InChI is InChI=1S/C22H28N4O3S3/c1-7-15-13(5)32-20(18(15)21(28)29-6)23-17(27)11-31-22-25-24-19(26(22)8-2)14-9-16(12(3)4)30-10-14/h9-10,12H,7-8,11H2,1-6H3,(H,23,27). The lowest BCUT2D eigenvalue weighted by Crippen LogP contribution is -2.16. The van der Waals surface area contributed by atoms with Gasteiger partial charge in [0, 0.05) is 27.2 Å². The second-order valence-corrected chi connectivity index (χ2v) is 10.6. The number of carbonyl (C=O) groups excluding carboxylic acids is 2. The van der Waals surface area contributed by atoms with Crippen molar-refractivity contribution in [3.8, 4) is 11.4 Å². The Balaban J connectivity index is 1.73. The summed E-state index contributed by atoms with van der Waals surface area (Å²) in [5, 5.41) is 14.9. The molecule has 0 fully saturated rings. The van der Waals surface area contributed by atoms with E-state index in [-0.39, 0.29) is 11.7 Å². The average Bonchev–Trinajstić information content (AvgIpc) is 3.47. The molecule has 0 spiro atoms. The lowest BCUT2D eigenvalue weighted by Gasteiger charge is -2.08. The molecule has 3 aromatic rings. The van der Waals surface area contributed by atoms with Crippen LogP contribution >= 0.6 is 34.4 Å². The highest BCUT2D eigenvalue weighted by molar-refractivity contribution is 7.99. The number of nitrogens with one attached hydrogen (secondary N) is 1. The van der Waals surface area contributed by atoms with Gasteiger partial charge in [-0.05, 0) is 37.8 Å². The smallest absolute Gasteiger partial charge is 0.341 e. The molecular weight excluding hydrogens is 464 g/mol. The number of amides is 1. The van der Waals surface area contributed by atoms with Crippen LogP contribution in [0.25, 0.3) is 11.4 Å². The van der Waals surface area contributed by atoms with E-state index in [1.54, 1.807) is 11.3 Å². The first-order chi connectivity index (χ1) is 15.3. The van der Waals surface area contributed by atoms with Crippen LogP contribution in [0, 0.1) is 6.92 Å². The third-order valence-corrected chi connectivity index (χ3v) is 8.28. The van der Waals surface area contributed by atoms with Gasteiger partial charge in [-0.1, -0.05) is 32.5 Å². The van der Waals surface area contributed by atoms with Crippen LogP contribution in [0.2, 0.25) is 0 Å². The number of aryl methyl sites for hydroxylation is 1. The van der Waals surface area contributed by atoms with Gasteiger partial charge in [0.2, 0.25) is 5.91 Å². The minimum absolute atomic E-state index is 0.165. The molecule has 0 aliphatic heterocycles. The SMILES string of the molecule is CCc1c(C)sc(NC(=O)CSc2nnc(-c3csc(C(C)C)c3)n2CC)c1C(=O)OC. The second-order valence-electron chi connectivity index (χ2n) is 7.47. The fourth-order valence-electron chi connectivity index (χ4n) is 3.37. The molecule has 1 amide bonds. The first-order valence-corrected chi connectivity index (χ1v) is 13.1. The zero-order valence-corrected chi connectivity index (χ0v) is 21.6. The normalized spacial score (nSPS) is 11.2. The van der Waals surface area contributed by atoms with Gasteiger partial charge in [0.1, 0.15) is 5.00 Å². The number of nitrogens with zero attached hydrogens (tertiary/aromatic N) is 3. The van der Waals surface area contributed by atoms with Gasteiger partial charge in [0.25, 0.3) is 0 Å². The maximum atomic E-state index is 12.7. The molecule has 10 heteroatoms. The zero-order valence-electron chi connectivity index (χ0n) is 19.1. The Labute approximate surface area is 200 Å². The van der Waals surface area contributed by atoms with Crippen molar-refractivity contribution in [2.24, 2.45) is 0 Å². The van der Waals surface area contributed by atoms with E-state index in [4.69, 9.17) is 4.74 Å². The predicted octanol–water partition coefficient (Wildman–Crippen LogP) is 5.60. The van der Waals surface area contributed by atoms with E-state index >= 15 is 0 Å². The molecule has 3 aromatic heterocycles. The summed E-state index contributed by atoms with van der Waals surface area (Å²) in [4.78, 5) is 27.2. The molecule has 0 aromatic carbocycles. The Bertz CT molecular complexity index is 1110. The quantitative estimate of drug-likeness (QED) is 0.309. The molecule has 0 aliphatic carbocycles. The van der Waals surface area contributed by atoms with Crippen molar-refractivity contribution in [2.45, 2.75) is 58.7 Å². The first kappa shape index (κ1) is 24.5. The molecule has 0 radical (unpaired) electrons. The number of ether oxygens (including phenoxy) is 1. The molecule has 1 N–H and O–H groups in total. The van der Waals surface area contributed by atoms with Gasteiger partial charge >= 0.3 is 5.97 Å². The summed E-state index contributed by atoms with van der Waals surface area (Å²) < 4.78 is 6.95. The molecule has 0 aliphatic rings. The summed E-state index contributed by atoms with van der Waals surface area (Å²) in [6.45, 7) is 11.0. The van der Waals surface area contributed by atoms with Gasteiger partial charge in [-0.15, -0.1) is 32.9 Å². The van der Waals surface area contributed by atoms with Crippen molar-refractivity contribution >= 4 is 51.3 Å². The van der Waals surface area contributed by atoms with E-state index < -0.39 is 5.97 Å². The van der Waals surface area contributed by atoms with Crippen molar-refractivity contribution in [3.05, 3.63) is 32.3 Å². The number of hydrogen-bond acceptors (Lipinski definition) is 8. The number of rotatable bonds is 9. The molecule has 32 heavy (non-hydrogen) atoms. The summed E-state index contributed by atoms with van der Waals surface area (Å²) in [5.74, 6) is 0.814. The molecule has 0 saturated carbocycles. The molecule has 0 atom stereocenters. The highest BCUT2D eigenvalue weighted by Gasteiger charge is 2.23. The van der Waals surface area contributed by atoms with E-state index in [2.05, 4.69) is 40.8 Å². The van der Waals surface area contributed by atoms with Crippen molar-refractivity contribution in [2.75, 3.05) is 18.2 Å². The van der Waals surface area contributed by atoms with Crippen molar-refractivity contribution in [3.63, 3.8) is 0 Å². The van der Waals surface area contributed by atoms with Crippen LogP contribution in [-0.2, 0) is 22.5 Å². The summed E-state index contributed by atoms with van der Waals surface area (Å²) in [7, 11) is 1.35. The number of methoxy groups -OCH3 is 1. The van der Waals surface area contributed by atoms with E-state index in [1.165, 1.54) is 35.1 Å². The summed E-state index contributed by atoms with van der Waals surface area (Å²) in [6.07, 6.45) is 0.695. The Morgan fingerprint density at radius 3 is 2.62 bits per heavy atom.